The molecule has 150 valence electrons. The molecule has 2 saturated carbocycles. The highest BCUT2D eigenvalue weighted by molar-refractivity contribution is 5.43. The van der Waals surface area contributed by atoms with Crippen molar-refractivity contribution in [2.24, 2.45) is 17.8 Å². The Labute approximate surface area is 169 Å². The predicted octanol–water partition coefficient (Wildman–Crippen LogP) is 6.79. The minimum Gasteiger partial charge on any atom is -0.508 e. The minimum atomic E-state index is -0.00147. The van der Waals surface area contributed by atoms with E-state index in [9.17, 15) is 10.2 Å². The molecule has 2 aromatic rings. The SMILES string of the molecule is CC[C@H]1CC[C@@H](C2CCC(c3ccc(O)cc3)(c3ccc(O)cc3)CC2)CC1. The normalized spacial score (nSPS) is 25.5. The van der Waals surface area contributed by atoms with Crippen LogP contribution in [0.3, 0.4) is 0 Å². The monoisotopic (exact) mass is 378 g/mol. The van der Waals surface area contributed by atoms with Crippen LogP contribution in [0.15, 0.2) is 48.5 Å². The van der Waals surface area contributed by atoms with Gasteiger partial charge in [0, 0.05) is 5.41 Å². The van der Waals surface area contributed by atoms with E-state index in [0.717, 1.165) is 30.6 Å². The summed E-state index contributed by atoms with van der Waals surface area (Å²) >= 11 is 0. The van der Waals surface area contributed by atoms with E-state index in [1.54, 1.807) is 0 Å². The fourth-order valence-electron chi connectivity index (χ4n) is 5.98. The minimum absolute atomic E-state index is 0.00147. The van der Waals surface area contributed by atoms with Crippen LogP contribution in [-0.2, 0) is 5.41 Å². The molecule has 0 bridgehead atoms. The van der Waals surface area contributed by atoms with Crippen LogP contribution in [-0.4, -0.2) is 10.2 Å². The molecule has 0 aliphatic heterocycles. The van der Waals surface area contributed by atoms with Crippen molar-refractivity contribution >= 4 is 0 Å². The molecule has 2 fully saturated rings. The molecule has 0 amide bonds. The van der Waals surface area contributed by atoms with E-state index in [0.29, 0.717) is 11.5 Å². The van der Waals surface area contributed by atoms with E-state index in [4.69, 9.17) is 0 Å². The molecule has 2 aliphatic carbocycles. The van der Waals surface area contributed by atoms with Gasteiger partial charge in [-0.25, -0.2) is 0 Å². The zero-order valence-electron chi connectivity index (χ0n) is 17.1. The van der Waals surface area contributed by atoms with Gasteiger partial charge in [0.1, 0.15) is 11.5 Å². The van der Waals surface area contributed by atoms with Crippen LogP contribution in [0.1, 0.15) is 75.8 Å². The van der Waals surface area contributed by atoms with E-state index < -0.39 is 0 Å². The highest BCUT2D eigenvalue weighted by atomic mass is 16.3. The molecule has 2 N–H and O–H groups in total. The maximum atomic E-state index is 9.77. The van der Waals surface area contributed by atoms with Crippen LogP contribution in [0, 0.1) is 17.8 Å². The Bertz CT molecular complexity index is 699. The largest absolute Gasteiger partial charge is 0.508 e. The summed E-state index contributed by atoms with van der Waals surface area (Å²) in [7, 11) is 0. The molecule has 28 heavy (non-hydrogen) atoms. The lowest BCUT2D eigenvalue weighted by molar-refractivity contribution is 0.142. The van der Waals surface area contributed by atoms with Crippen molar-refractivity contribution in [1.82, 2.24) is 0 Å². The Hall–Kier alpha value is -1.96. The van der Waals surface area contributed by atoms with Gasteiger partial charge in [-0.1, -0.05) is 50.5 Å². The third-order valence-electron chi connectivity index (χ3n) is 7.86. The summed E-state index contributed by atoms with van der Waals surface area (Å²) in [5.74, 6) is 3.39. The first-order chi connectivity index (χ1) is 13.6. The second-order valence-corrected chi connectivity index (χ2v) is 9.20. The molecule has 0 aromatic heterocycles. The molecule has 0 spiro atoms. The Morgan fingerprint density at radius 2 is 1.11 bits per heavy atom. The second kappa shape index (κ2) is 8.19. The highest BCUT2D eigenvalue weighted by Gasteiger charge is 2.40. The number of hydrogen-bond acceptors (Lipinski definition) is 2. The molecular formula is C26H34O2. The smallest absolute Gasteiger partial charge is 0.115 e. The summed E-state index contributed by atoms with van der Waals surface area (Å²) in [6, 6.07) is 15.6. The van der Waals surface area contributed by atoms with E-state index in [1.165, 1.54) is 56.1 Å². The number of rotatable bonds is 4. The second-order valence-electron chi connectivity index (χ2n) is 9.20. The number of phenols is 2. The van der Waals surface area contributed by atoms with Gasteiger partial charge in [-0.15, -0.1) is 0 Å². The first kappa shape index (κ1) is 19.4. The van der Waals surface area contributed by atoms with Gasteiger partial charge in [-0.05, 0) is 91.7 Å². The lowest BCUT2D eigenvalue weighted by atomic mass is 9.60. The third-order valence-corrected chi connectivity index (χ3v) is 7.86. The molecule has 0 atom stereocenters. The van der Waals surface area contributed by atoms with E-state index in [2.05, 4.69) is 31.2 Å². The van der Waals surface area contributed by atoms with Gasteiger partial charge in [0.25, 0.3) is 0 Å². The summed E-state index contributed by atoms with van der Waals surface area (Å²) in [4.78, 5) is 0. The van der Waals surface area contributed by atoms with Crippen LogP contribution >= 0.6 is 0 Å². The molecule has 2 heteroatoms. The highest BCUT2D eigenvalue weighted by Crippen LogP contribution is 2.50. The van der Waals surface area contributed by atoms with Gasteiger partial charge < -0.3 is 10.2 Å². The van der Waals surface area contributed by atoms with Crippen molar-refractivity contribution in [3.63, 3.8) is 0 Å². The molecule has 0 saturated heterocycles. The van der Waals surface area contributed by atoms with Crippen LogP contribution in [0.4, 0.5) is 0 Å². The zero-order valence-corrected chi connectivity index (χ0v) is 17.1. The van der Waals surface area contributed by atoms with Crippen LogP contribution in [0.5, 0.6) is 11.5 Å². The van der Waals surface area contributed by atoms with Crippen molar-refractivity contribution in [2.45, 2.75) is 70.1 Å². The van der Waals surface area contributed by atoms with Crippen LogP contribution in [0.2, 0.25) is 0 Å². The fourth-order valence-corrected chi connectivity index (χ4v) is 5.98. The number of hydrogen-bond donors (Lipinski definition) is 2. The summed E-state index contributed by atoms with van der Waals surface area (Å²) in [5.41, 5.74) is 2.59. The molecule has 2 aliphatic rings. The van der Waals surface area contributed by atoms with Crippen molar-refractivity contribution in [3.8, 4) is 11.5 Å². The van der Waals surface area contributed by atoms with Gasteiger partial charge >= 0.3 is 0 Å². The number of phenolic OH excluding ortho intramolecular Hbond substituents is 2. The summed E-state index contributed by atoms with van der Waals surface area (Å²) in [5, 5.41) is 19.5. The Balaban J connectivity index is 1.55. The Kier molecular flexibility index (Phi) is 5.66. The van der Waals surface area contributed by atoms with Crippen molar-refractivity contribution in [3.05, 3.63) is 59.7 Å². The molecule has 2 nitrogen and oxygen atoms in total. The van der Waals surface area contributed by atoms with Crippen LogP contribution < -0.4 is 0 Å². The Morgan fingerprint density at radius 3 is 1.54 bits per heavy atom. The fraction of sp³-hybridized carbons (Fsp3) is 0.538. The topological polar surface area (TPSA) is 40.5 Å². The Morgan fingerprint density at radius 1 is 0.679 bits per heavy atom. The van der Waals surface area contributed by atoms with E-state index in [1.807, 2.05) is 24.3 Å². The van der Waals surface area contributed by atoms with Crippen molar-refractivity contribution in [2.75, 3.05) is 0 Å². The maximum absolute atomic E-state index is 9.77. The van der Waals surface area contributed by atoms with E-state index >= 15 is 0 Å². The molecule has 2 aromatic carbocycles. The lowest BCUT2D eigenvalue weighted by Gasteiger charge is -2.44. The summed E-state index contributed by atoms with van der Waals surface area (Å²) in [6.45, 7) is 2.34. The first-order valence-electron chi connectivity index (χ1n) is 11.2. The molecule has 4 rings (SSSR count). The standard InChI is InChI=1S/C26H34O2/c1-2-19-3-5-20(6-4-19)21-15-17-26(18-16-21,22-7-11-24(27)12-8-22)23-9-13-25(28)14-10-23/h7-14,19-21,27-28H,2-6,15-18H2,1H3/t19-,20+. The summed E-state index contributed by atoms with van der Waals surface area (Å²) < 4.78 is 0. The first-order valence-corrected chi connectivity index (χ1v) is 11.2. The molecule has 0 unspecified atom stereocenters. The van der Waals surface area contributed by atoms with Gasteiger partial charge in [0.2, 0.25) is 0 Å². The van der Waals surface area contributed by atoms with Crippen LogP contribution in [0.25, 0.3) is 0 Å². The zero-order chi connectivity index (χ0) is 19.6. The number of aromatic hydroxyl groups is 2. The average molecular weight is 379 g/mol. The average Bonchev–Trinajstić information content (AvgIpc) is 2.75. The number of benzene rings is 2. The summed E-state index contributed by atoms with van der Waals surface area (Å²) in [6.07, 6.45) is 11.9. The lowest BCUT2D eigenvalue weighted by Crippen LogP contribution is -2.35. The quantitative estimate of drug-likeness (QED) is 0.615. The maximum Gasteiger partial charge on any atom is 0.115 e. The van der Waals surface area contributed by atoms with E-state index in [-0.39, 0.29) is 5.41 Å². The van der Waals surface area contributed by atoms with Gasteiger partial charge in [0.05, 0.1) is 0 Å². The predicted molar refractivity (Wildman–Crippen MR) is 115 cm³/mol. The van der Waals surface area contributed by atoms with Gasteiger partial charge in [-0.2, -0.15) is 0 Å². The molecular weight excluding hydrogens is 344 g/mol. The van der Waals surface area contributed by atoms with Crippen molar-refractivity contribution in [1.29, 1.82) is 0 Å². The molecule has 0 heterocycles. The van der Waals surface area contributed by atoms with Gasteiger partial charge in [0.15, 0.2) is 0 Å². The van der Waals surface area contributed by atoms with Gasteiger partial charge in [-0.3, -0.25) is 0 Å². The molecule has 0 radical (unpaired) electrons. The van der Waals surface area contributed by atoms with Crippen molar-refractivity contribution < 1.29 is 10.2 Å². The third kappa shape index (κ3) is 3.79.